The van der Waals surface area contributed by atoms with Crippen LogP contribution in [0.15, 0.2) is 42.5 Å². The number of aromatic nitrogens is 2. The van der Waals surface area contributed by atoms with Crippen molar-refractivity contribution < 1.29 is 23.0 Å². The maximum atomic E-state index is 12.8. The summed E-state index contributed by atoms with van der Waals surface area (Å²) in [6.07, 6.45) is 1.43. The highest BCUT2D eigenvalue weighted by molar-refractivity contribution is 5.77. The number of hydrogen-bond acceptors (Lipinski definition) is 4. The van der Waals surface area contributed by atoms with Gasteiger partial charge in [-0.05, 0) is 49.4 Å². The van der Waals surface area contributed by atoms with E-state index in [2.05, 4.69) is 17.1 Å². The van der Waals surface area contributed by atoms with E-state index in [-0.39, 0.29) is 11.8 Å². The van der Waals surface area contributed by atoms with Gasteiger partial charge in [-0.2, -0.15) is 8.78 Å². The minimum Gasteiger partial charge on any atom is -0.453 e. The number of carbonyl (C=O) groups excluding carboxylic acids is 1. The number of carbonyl (C=O) groups is 1. The summed E-state index contributed by atoms with van der Waals surface area (Å²) in [5, 5.41) is 0. The maximum Gasteiger partial charge on any atom is 0.409 e. The molecule has 0 aliphatic carbocycles. The average Bonchev–Trinajstić information content (AvgIpc) is 3.08. The lowest BCUT2D eigenvalue weighted by Crippen LogP contribution is -2.37. The number of amides is 1. The summed E-state index contributed by atoms with van der Waals surface area (Å²) in [6, 6.07) is 13.0. The van der Waals surface area contributed by atoms with Crippen molar-refractivity contribution >= 4 is 17.1 Å². The van der Waals surface area contributed by atoms with Crippen LogP contribution in [-0.2, 0) is 11.3 Å². The number of methoxy groups -OCH3 is 1. The van der Waals surface area contributed by atoms with Gasteiger partial charge in [-0.3, -0.25) is 0 Å². The van der Waals surface area contributed by atoms with Crippen LogP contribution >= 0.6 is 0 Å². The zero-order valence-corrected chi connectivity index (χ0v) is 17.6. The standard InChI is InChI=1S/C23H25F2N3O3/c1-15-26-19-8-7-17(16-9-11-27(12-10-16)23(29)30-2)13-20(19)28(15)14-18-5-3-4-6-21(18)31-22(24)25/h3-8,13,16,22H,9-12,14H2,1-2H3. The lowest BCUT2D eigenvalue weighted by atomic mass is 9.89. The molecule has 0 saturated carbocycles. The number of piperidine rings is 1. The number of benzene rings is 2. The van der Waals surface area contributed by atoms with Crippen LogP contribution in [0.1, 0.15) is 35.7 Å². The number of ether oxygens (including phenoxy) is 2. The molecule has 2 aromatic carbocycles. The molecule has 3 aromatic rings. The Bertz CT molecular complexity index is 1080. The molecule has 8 heteroatoms. The first-order valence-electron chi connectivity index (χ1n) is 10.3. The smallest absolute Gasteiger partial charge is 0.409 e. The van der Waals surface area contributed by atoms with Crippen molar-refractivity contribution in [3.8, 4) is 5.75 Å². The molecule has 2 heterocycles. The van der Waals surface area contributed by atoms with Gasteiger partial charge in [0.15, 0.2) is 0 Å². The van der Waals surface area contributed by atoms with E-state index in [4.69, 9.17) is 9.47 Å². The van der Waals surface area contributed by atoms with Gasteiger partial charge < -0.3 is 18.9 Å². The fourth-order valence-corrected chi connectivity index (χ4v) is 4.25. The second kappa shape index (κ2) is 8.91. The fraction of sp³-hybridized carbons (Fsp3) is 0.391. The van der Waals surface area contributed by atoms with Crippen LogP contribution in [-0.4, -0.2) is 47.4 Å². The Labute approximate surface area is 179 Å². The fourth-order valence-electron chi connectivity index (χ4n) is 4.25. The van der Waals surface area contributed by atoms with E-state index in [0.717, 1.165) is 29.7 Å². The van der Waals surface area contributed by atoms with Gasteiger partial charge in [0.25, 0.3) is 0 Å². The van der Waals surface area contributed by atoms with Gasteiger partial charge in [0, 0.05) is 18.7 Å². The number of aryl methyl sites for hydroxylation is 1. The summed E-state index contributed by atoms with van der Waals surface area (Å²) in [5.74, 6) is 1.31. The number of hydrogen-bond donors (Lipinski definition) is 0. The molecule has 164 valence electrons. The van der Waals surface area contributed by atoms with Gasteiger partial charge in [0.05, 0.1) is 24.7 Å². The highest BCUT2D eigenvalue weighted by atomic mass is 19.3. The Morgan fingerprint density at radius 2 is 1.94 bits per heavy atom. The molecular weight excluding hydrogens is 404 g/mol. The molecule has 1 fully saturated rings. The predicted octanol–water partition coefficient (Wildman–Crippen LogP) is 4.94. The van der Waals surface area contributed by atoms with Crippen LogP contribution in [0, 0.1) is 6.92 Å². The largest absolute Gasteiger partial charge is 0.453 e. The van der Waals surface area contributed by atoms with E-state index in [1.807, 2.05) is 23.6 Å². The third-order valence-electron chi connectivity index (χ3n) is 5.88. The highest BCUT2D eigenvalue weighted by Crippen LogP contribution is 2.31. The number of para-hydroxylation sites is 1. The Balaban J connectivity index is 1.60. The third-order valence-corrected chi connectivity index (χ3v) is 5.88. The van der Waals surface area contributed by atoms with Gasteiger partial charge in [-0.15, -0.1) is 0 Å². The molecule has 0 atom stereocenters. The van der Waals surface area contributed by atoms with Crippen molar-refractivity contribution in [1.29, 1.82) is 0 Å². The number of likely N-dealkylation sites (tertiary alicyclic amines) is 1. The third kappa shape index (κ3) is 4.47. The van der Waals surface area contributed by atoms with E-state index in [0.29, 0.717) is 31.1 Å². The monoisotopic (exact) mass is 429 g/mol. The Hall–Kier alpha value is -3.16. The van der Waals surface area contributed by atoms with Crippen LogP contribution in [0.3, 0.4) is 0 Å². The SMILES string of the molecule is COC(=O)N1CCC(c2ccc3nc(C)n(Cc4ccccc4OC(F)F)c3c2)CC1. The highest BCUT2D eigenvalue weighted by Gasteiger charge is 2.25. The molecule has 0 unspecified atom stereocenters. The topological polar surface area (TPSA) is 56.6 Å². The molecule has 1 aromatic heterocycles. The van der Waals surface area contributed by atoms with Crippen LogP contribution in [0.2, 0.25) is 0 Å². The van der Waals surface area contributed by atoms with E-state index in [1.54, 1.807) is 23.1 Å². The average molecular weight is 429 g/mol. The molecule has 1 amide bonds. The molecule has 0 spiro atoms. The van der Waals surface area contributed by atoms with E-state index in [9.17, 15) is 13.6 Å². The number of rotatable bonds is 5. The van der Waals surface area contributed by atoms with E-state index < -0.39 is 6.61 Å². The minimum atomic E-state index is -2.87. The zero-order valence-electron chi connectivity index (χ0n) is 17.6. The molecule has 1 saturated heterocycles. The summed E-state index contributed by atoms with van der Waals surface area (Å²) in [5.41, 5.74) is 3.68. The second-order valence-electron chi connectivity index (χ2n) is 7.71. The molecule has 31 heavy (non-hydrogen) atoms. The number of halogens is 2. The Morgan fingerprint density at radius 1 is 1.19 bits per heavy atom. The number of imidazole rings is 1. The van der Waals surface area contributed by atoms with Crippen molar-refractivity contribution in [3.63, 3.8) is 0 Å². The van der Waals surface area contributed by atoms with Crippen LogP contribution in [0.4, 0.5) is 13.6 Å². The van der Waals surface area contributed by atoms with E-state index in [1.165, 1.54) is 12.7 Å². The van der Waals surface area contributed by atoms with Crippen molar-refractivity contribution in [2.24, 2.45) is 0 Å². The minimum absolute atomic E-state index is 0.171. The van der Waals surface area contributed by atoms with E-state index >= 15 is 0 Å². The first-order chi connectivity index (χ1) is 15.0. The summed E-state index contributed by atoms with van der Waals surface area (Å²) in [7, 11) is 1.40. The first kappa shape index (κ1) is 21.1. The lowest BCUT2D eigenvalue weighted by molar-refractivity contribution is -0.0504. The second-order valence-corrected chi connectivity index (χ2v) is 7.71. The van der Waals surface area contributed by atoms with Gasteiger partial charge in [0.2, 0.25) is 0 Å². The van der Waals surface area contributed by atoms with Gasteiger partial charge in [0.1, 0.15) is 11.6 Å². The zero-order chi connectivity index (χ0) is 22.0. The van der Waals surface area contributed by atoms with Crippen molar-refractivity contribution in [2.75, 3.05) is 20.2 Å². The molecular formula is C23H25F2N3O3. The predicted molar refractivity (Wildman–Crippen MR) is 113 cm³/mol. The number of fused-ring (bicyclic) bond motifs is 1. The van der Waals surface area contributed by atoms with Crippen LogP contribution < -0.4 is 4.74 Å². The summed E-state index contributed by atoms with van der Waals surface area (Å²) >= 11 is 0. The molecule has 0 radical (unpaired) electrons. The number of nitrogens with zero attached hydrogens (tertiary/aromatic N) is 3. The van der Waals surface area contributed by atoms with Crippen molar-refractivity contribution in [2.45, 2.75) is 38.8 Å². The molecule has 1 aliphatic rings. The van der Waals surface area contributed by atoms with Gasteiger partial charge >= 0.3 is 12.7 Å². The summed E-state index contributed by atoms with van der Waals surface area (Å²) in [4.78, 5) is 18.1. The van der Waals surface area contributed by atoms with Crippen molar-refractivity contribution in [1.82, 2.24) is 14.5 Å². The van der Waals surface area contributed by atoms with Crippen LogP contribution in [0.25, 0.3) is 11.0 Å². The quantitative estimate of drug-likeness (QED) is 0.577. The molecule has 0 N–H and O–H groups in total. The lowest BCUT2D eigenvalue weighted by Gasteiger charge is -2.31. The first-order valence-corrected chi connectivity index (χ1v) is 10.3. The molecule has 6 nitrogen and oxygen atoms in total. The Morgan fingerprint density at radius 3 is 2.65 bits per heavy atom. The maximum absolute atomic E-state index is 12.8. The number of alkyl halides is 2. The normalized spacial score (nSPS) is 14.9. The molecule has 4 rings (SSSR count). The Kier molecular flexibility index (Phi) is 6.06. The van der Waals surface area contributed by atoms with Gasteiger partial charge in [-0.1, -0.05) is 24.3 Å². The summed E-state index contributed by atoms with van der Waals surface area (Å²) < 4.78 is 37.1. The molecule has 1 aliphatic heterocycles. The van der Waals surface area contributed by atoms with Gasteiger partial charge in [-0.25, -0.2) is 9.78 Å². The van der Waals surface area contributed by atoms with Crippen molar-refractivity contribution in [3.05, 3.63) is 59.4 Å². The van der Waals surface area contributed by atoms with Crippen LogP contribution in [0.5, 0.6) is 5.75 Å². The molecule has 0 bridgehead atoms. The summed E-state index contributed by atoms with van der Waals surface area (Å²) in [6.45, 7) is 0.739.